The van der Waals surface area contributed by atoms with E-state index in [1.807, 2.05) is 41.8 Å². The first kappa shape index (κ1) is 27.4. The molecule has 0 fully saturated rings. The zero-order valence-corrected chi connectivity index (χ0v) is 22.8. The van der Waals surface area contributed by atoms with E-state index in [2.05, 4.69) is 20.8 Å². The number of carboxylic acid groups (broad SMARTS) is 1. The third kappa shape index (κ3) is 5.89. The molecule has 208 valence electrons. The largest absolute Gasteiger partial charge is 0.480 e. The van der Waals surface area contributed by atoms with Gasteiger partial charge in [0, 0.05) is 41.4 Å². The van der Waals surface area contributed by atoms with Crippen molar-refractivity contribution >= 4 is 45.2 Å². The van der Waals surface area contributed by atoms with Crippen molar-refractivity contribution in [3.63, 3.8) is 0 Å². The molecule has 1 aliphatic rings. The number of nitrogens with one attached hydrogen (secondary N) is 2. The summed E-state index contributed by atoms with van der Waals surface area (Å²) in [6.45, 7) is 1.82. The van der Waals surface area contributed by atoms with Gasteiger partial charge in [-0.25, -0.2) is 9.18 Å². The SMILES string of the molecule is CCC(C(=O)O)n1c2c(c3cc(F)ccc31)CC(NC(=O)CC(CC(=O)Nc1nncs1)c1ccccc1)CC2. The lowest BCUT2D eigenvalue weighted by Gasteiger charge is -2.27. The van der Waals surface area contributed by atoms with Gasteiger partial charge in [0.25, 0.3) is 0 Å². The molecular weight excluding hydrogens is 533 g/mol. The van der Waals surface area contributed by atoms with Crippen molar-refractivity contribution in [2.24, 2.45) is 0 Å². The Morgan fingerprint density at radius 2 is 1.93 bits per heavy atom. The molecule has 0 saturated heterocycles. The quantitative estimate of drug-likeness (QED) is 0.253. The van der Waals surface area contributed by atoms with Gasteiger partial charge in [-0.1, -0.05) is 48.6 Å². The molecule has 5 rings (SSSR count). The lowest BCUT2D eigenvalue weighted by atomic mass is 9.89. The molecule has 1 aliphatic carbocycles. The average molecular weight is 564 g/mol. The highest BCUT2D eigenvalue weighted by molar-refractivity contribution is 7.13. The zero-order chi connectivity index (χ0) is 28.2. The van der Waals surface area contributed by atoms with E-state index in [1.54, 1.807) is 6.07 Å². The highest BCUT2D eigenvalue weighted by Gasteiger charge is 2.31. The van der Waals surface area contributed by atoms with Gasteiger partial charge in [0.2, 0.25) is 16.9 Å². The Balaban J connectivity index is 1.33. The molecule has 2 aromatic carbocycles. The van der Waals surface area contributed by atoms with Crippen LogP contribution in [-0.2, 0) is 27.2 Å². The first-order valence-electron chi connectivity index (χ1n) is 13.3. The average Bonchev–Trinajstić information content (AvgIpc) is 3.55. The summed E-state index contributed by atoms with van der Waals surface area (Å²) >= 11 is 1.22. The number of carbonyl (C=O) groups is 3. The number of aromatic nitrogens is 3. The molecule has 3 unspecified atom stereocenters. The number of benzene rings is 2. The summed E-state index contributed by atoms with van der Waals surface area (Å²) in [5.41, 5.74) is 4.87. The van der Waals surface area contributed by atoms with E-state index in [4.69, 9.17) is 0 Å². The van der Waals surface area contributed by atoms with Crippen molar-refractivity contribution in [2.45, 2.75) is 63.5 Å². The number of halogens is 1. The fraction of sp³-hybridized carbons (Fsp3) is 0.345. The number of nitrogens with zero attached hydrogens (tertiary/aromatic N) is 3. The first-order valence-corrected chi connectivity index (χ1v) is 14.2. The Labute approximate surface area is 234 Å². The minimum atomic E-state index is -0.927. The molecule has 4 aromatic rings. The molecule has 0 aliphatic heterocycles. The number of anilines is 1. The van der Waals surface area contributed by atoms with Crippen molar-refractivity contribution in [1.29, 1.82) is 0 Å². The second-order valence-corrected chi connectivity index (χ2v) is 10.9. The minimum Gasteiger partial charge on any atom is -0.480 e. The van der Waals surface area contributed by atoms with Crippen molar-refractivity contribution < 1.29 is 23.9 Å². The van der Waals surface area contributed by atoms with Crippen LogP contribution in [0.5, 0.6) is 0 Å². The number of hydrogen-bond acceptors (Lipinski definition) is 6. The molecule has 2 aromatic heterocycles. The van der Waals surface area contributed by atoms with E-state index in [0.29, 0.717) is 41.7 Å². The normalized spacial score (nSPS) is 16.2. The Morgan fingerprint density at radius 3 is 2.62 bits per heavy atom. The molecular formula is C29H30FN5O4S. The molecule has 9 nitrogen and oxygen atoms in total. The minimum absolute atomic E-state index is 0.103. The van der Waals surface area contributed by atoms with Gasteiger partial charge in [-0.05, 0) is 55.0 Å². The maximum Gasteiger partial charge on any atom is 0.326 e. The van der Waals surface area contributed by atoms with Crippen LogP contribution in [0.2, 0.25) is 0 Å². The maximum atomic E-state index is 14.3. The van der Waals surface area contributed by atoms with Crippen LogP contribution in [0, 0.1) is 5.82 Å². The summed E-state index contributed by atoms with van der Waals surface area (Å²) in [4.78, 5) is 38.0. The van der Waals surface area contributed by atoms with E-state index >= 15 is 0 Å². The Kier molecular flexibility index (Phi) is 8.20. The maximum absolute atomic E-state index is 14.3. The summed E-state index contributed by atoms with van der Waals surface area (Å²) in [6, 6.07) is 12.9. The fourth-order valence-corrected chi connectivity index (χ4v) is 6.14. The molecule has 0 bridgehead atoms. The van der Waals surface area contributed by atoms with E-state index in [1.165, 1.54) is 29.0 Å². The summed E-state index contributed by atoms with van der Waals surface area (Å²) in [7, 11) is 0. The van der Waals surface area contributed by atoms with Gasteiger partial charge in [0.15, 0.2) is 0 Å². The van der Waals surface area contributed by atoms with Crippen LogP contribution in [0.25, 0.3) is 10.9 Å². The van der Waals surface area contributed by atoms with Gasteiger partial charge in [-0.2, -0.15) is 0 Å². The number of rotatable bonds is 10. The summed E-state index contributed by atoms with van der Waals surface area (Å²) in [6.07, 6.45) is 2.28. The molecule has 11 heteroatoms. The predicted octanol–water partition coefficient (Wildman–Crippen LogP) is 4.84. The van der Waals surface area contributed by atoms with E-state index in [-0.39, 0.29) is 42.4 Å². The number of carbonyl (C=O) groups excluding carboxylic acids is 2. The van der Waals surface area contributed by atoms with Gasteiger partial charge in [-0.15, -0.1) is 10.2 Å². The van der Waals surface area contributed by atoms with Crippen LogP contribution >= 0.6 is 11.3 Å². The zero-order valence-electron chi connectivity index (χ0n) is 22.0. The Hall–Kier alpha value is -4.12. The van der Waals surface area contributed by atoms with E-state index in [9.17, 15) is 23.9 Å². The van der Waals surface area contributed by atoms with E-state index < -0.39 is 12.0 Å². The van der Waals surface area contributed by atoms with Crippen LogP contribution in [0.1, 0.15) is 61.4 Å². The molecule has 0 spiro atoms. The highest BCUT2D eigenvalue weighted by Crippen LogP contribution is 2.36. The number of hydrogen-bond donors (Lipinski definition) is 3. The smallest absolute Gasteiger partial charge is 0.326 e. The van der Waals surface area contributed by atoms with Gasteiger partial charge >= 0.3 is 5.97 Å². The van der Waals surface area contributed by atoms with Gasteiger partial charge in [-0.3, -0.25) is 9.59 Å². The van der Waals surface area contributed by atoms with Gasteiger partial charge in [0.05, 0.1) is 0 Å². The summed E-state index contributed by atoms with van der Waals surface area (Å²) in [5.74, 6) is -2.09. The summed E-state index contributed by atoms with van der Waals surface area (Å²) < 4.78 is 16.1. The molecule has 0 saturated carbocycles. The topological polar surface area (TPSA) is 126 Å². The van der Waals surface area contributed by atoms with Crippen molar-refractivity contribution in [3.05, 3.63) is 76.7 Å². The summed E-state index contributed by atoms with van der Waals surface area (Å²) in [5, 5.41) is 24.4. The van der Waals surface area contributed by atoms with Crippen LogP contribution in [0.15, 0.2) is 54.0 Å². The van der Waals surface area contributed by atoms with Gasteiger partial charge < -0.3 is 20.3 Å². The van der Waals surface area contributed by atoms with Crippen LogP contribution in [-0.4, -0.2) is 43.7 Å². The van der Waals surface area contributed by atoms with E-state index in [0.717, 1.165) is 16.8 Å². The molecule has 3 N–H and O–H groups in total. The molecule has 2 heterocycles. The van der Waals surface area contributed by atoms with Crippen LogP contribution in [0.4, 0.5) is 9.52 Å². The van der Waals surface area contributed by atoms with Crippen LogP contribution < -0.4 is 10.6 Å². The highest BCUT2D eigenvalue weighted by atomic mass is 32.1. The van der Waals surface area contributed by atoms with Crippen molar-refractivity contribution in [3.8, 4) is 0 Å². The third-order valence-electron chi connectivity index (χ3n) is 7.45. The predicted molar refractivity (Wildman–Crippen MR) is 150 cm³/mol. The van der Waals surface area contributed by atoms with Crippen molar-refractivity contribution in [2.75, 3.05) is 5.32 Å². The van der Waals surface area contributed by atoms with Crippen molar-refractivity contribution in [1.82, 2.24) is 20.1 Å². The Bertz CT molecular complexity index is 1520. The molecule has 2 amide bonds. The number of carboxylic acids is 1. The number of amides is 2. The molecule has 3 atom stereocenters. The standard InChI is InChI=1S/C29H30FN5O4S/c1-2-23(28(38)39)35-24-10-8-19(30)14-21(24)22-15-20(9-11-25(22)35)32-26(36)12-18(17-6-4-3-5-7-17)13-27(37)33-29-34-31-16-40-29/h3-8,10,14,16,18,20,23H,2,9,11-13,15H2,1H3,(H,32,36)(H,38,39)(H,33,34,37). The Morgan fingerprint density at radius 1 is 1.15 bits per heavy atom. The third-order valence-corrected chi connectivity index (χ3v) is 8.06. The van der Waals surface area contributed by atoms with Crippen LogP contribution in [0.3, 0.4) is 0 Å². The molecule has 40 heavy (non-hydrogen) atoms. The second-order valence-electron chi connectivity index (χ2n) is 10.0. The number of fused-ring (bicyclic) bond motifs is 3. The lowest BCUT2D eigenvalue weighted by molar-refractivity contribution is -0.141. The fourth-order valence-electron chi connectivity index (χ4n) is 5.68. The molecule has 0 radical (unpaired) electrons. The monoisotopic (exact) mass is 563 g/mol. The number of aliphatic carboxylic acids is 1. The second kappa shape index (κ2) is 12.0. The lowest BCUT2D eigenvalue weighted by Crippen LogP contribution is -2.40. The first-order chi connectivity index (χ1) is 19.3. The van der Waals surface area contributed by atoms with Gasteiger partial charge in [0.1, 0.15) is 17.4 Å².